The maximum atomic E-state index is 12.6. The summed E-state index contributed by atoms with van der Waals surface area (Å²) < 4.78 is 0. The summed E-state index contributed by atoms with van der Waals surface area (Å²) in [7, 11) is 0. The Bertz CT molecular complexity index is 806. The lowest BCUT2D eigenvalue weighted by Crippen LogP contribution is -2.45. The Morgan fingerprint density at radius 1 is 1.14 bits per heavy atom. The van der Waals surface area contributed by atoms with Gasteiger partial charge in [-0.3, -0.25) is 24.6 Å². The Kier molecular flexibility index (Phi) is 3.16. The molecule has 2 aromatic carbocycles. The summed E-state index contributed by atoms with van der Waals surface area (Å²) in [6.45, 7) is 3.71. The van der Waals surface area contributed by atoms with Crippen LogP contribution in [-0.2, 0) is 0 Å². The standard InChI is InChI=1S/C16H14N2O4/c1-3-9(2)17-15(19)11-6-4-5-10-13(18(21)22)8-7-12(14(10)11)16(17)20/h4-9H,3H2,1-2H3/t9-/m1/s1. The molecule has 0 N–H and O–H groups in total. The van der Waals surface area contributed by atoms with E-state index in [-0.39, 0.29) is 11.7 Å². The average molecular weight is 298 g/mol. The molecule has 22 heavy (non-hydrogen) atoms. The van der Waals surface area contributed by atoms with Crippen LogP contribution in [0.3, 0.4) is 0 Å². The van der Waals surface area contributed by atoms with Gasteiger partial charge in [-0.2, -0.15) is 0 Å². The fourth-order valence-corrected chi connectivity index (χ4v) is 2.84. The van der Waals surface area contributed by atoms with Crippen molar-refractivity contribution in [3.05, 3.63) is 51.6 Å². The van der Waals surface area contributed by atoms with Crippen molar-refractivity contribution in [1.82, 2.24) is 4.90 Å². The molecule has 0 aliphatic carbocycles. The van der Waals surface area contributed by atoms with E-state index >= 15 is 0 Å². The van der Waals surface area contributed by atoms with Gasteiger partial charge in [0.2, 0.25) is 0 Å². The van der Waals surface area contributed by atoms with E-state index in [0.29, 0.717) is 28.3 Å². The number of carbonyl (C=O) groups excluding carboxylic acids is 2. The van der Waals surface area contributed by atoms with Crippen LogP contribution in [0.5, 0.6) is 0 Å². The number of nitrogens with zero attached hydrogens (tertiary/aromatic N) is 2. The van der Waals surface area contributed by atoms with Gasteiger partial charge >= 0.3 is 0 Å². The van der Waals surface area contributed by atoms with Gasteiger partial charge in [0.05, 0.1) is 10.3 Å². The average Bonchev–Trinajstić information content (AvgIpc) is 2.51. The van der Waals surface area contributed by atoms with E-state index in [0.717, 1.165) is 0 Å². The lowest BCUT2D eigenvalue weighted by Gasteiger charge is -2.31. The molecule has 112 valence electrons. The lowest BCUT2D eigenvalue weighted by atomic mass is 9.92. The topological polar surface area (TPSA) is 80.5 Å². The first-order valence-electron chi connectivity index (χ1n) is 7.05. The van der Waals surface area contributed by atoms with E-state index in [1.54, 1.807) is 18.2 Å². The van der Waals surface area contributed by atoms with Crippen molar-refractivity contribution in [3.63, 3.8) is 0 Å². The highest BCUT2D eigenvalue weighted by atomic mass is 16.6. The Morgan fingerprint density at radius 2 is 1.77 bits per heavy atom. The highest BCUT2D eigenvalue weighted by molar-refractivity contribution is 6.26. The lowest BCUT2D eigenvalue weighted by molar-refractivity contribution is -0.383. The minimum atomic E-state index is -0.501. The second-order valence-corrected chi connectivity index (χ2v) is 5.36. The van der Waals surface area contributed by atoms with Crippen LogP contribution >= 0.6 is 0 Å². The van der Waals surface area contributed by atoms with Gasteiger partial charge in [-0.1, -0.05) is 13.0 Å². The van der Waals surface area contributed by atoms with Crippen molar-refractivity contribution in [2.45, 2.75) is 26.3 Å². The van der Waals surface area contributed by atoms with Crippen LogP contribution < -0.4 is 0 Å². The summed E-state index contributed by atoms with van der Waals surface area (Å²) in [6.07, 6.45) is 0.649. The molecule has 0 radical (unpaired) electrons. The van der Waals surface area contributed by atoms with E-state index in [1.807, 2.05) is 13.8 Å². The molecule has 6 heteroatoms. The summed E-state index contributed by atoms with van der Waals surface area (Å²) in [5.41, 5.74) is 0.588. The zero-order valence-corrected chi connectivity index (χ0v) is 12.2. The highest BCUT2D eigenvalue weighted by Crippen LogP contribution is 2.35. The van der Waals surface area contributed by atoms with Crippen molar-refractivity contribution < 1.29 is 14.5 Å². The second-order valence-electron chi connectivity index (χ2n) is 5.36. The second kappa shape index (κ2) is 4.91. The molecule has 0 spiro atoms. The van der Waals surface area contributed by atoms with Gasteiger partial charge in [0.15, 0.2) is 0 Å². The number of benzene rings is 2. The largest absolute Gasteiger partial charge is 0.277 e. The summed E-state index contributed by atoms with van der Waals surface area (Å²) in [6, 6.07) is 7.33. The molecule has 0 saturated heterocycles. The number of hydrogen-bond acceptors (Lipinski definition) is 4. The van der Waals surface area contributed by atoms with E-state index in [4.69, 9.17) is 0 Å². The van der Waals surface area contributed by atoms with Crippen LogP contribution in [0, 0.1) is 10.1 Å². The molecule has 1 atom stereocenters. The molecule has 2 amide bonds. The number of nitro benzene ring substituents is 1. The fourth-order valence-electron chi connectivity index (χ4n) is 2.84. The number of imide groups is 1. The Balaban J connectivity index is 2.35. The third kappa shape index (κ3) is 1.80. The molecular formula is C16H14N2O4. The maximum absolute atomic E-state index is 12.6. The molecule has 1 heterocycles. The third-order valence-corrected chi connectivity index (χ3v) is 4.14. The molecule has 0 bridgehead atoms. The Morgan fingerprint density at radius 3 is 2.36 bits per heavy atom. The molecular weight excluding hydrogens is 284 g/mol. The predicted octanol–water partition coefficient (Wildman–Crippen LogP) is 3.14. The van der Waals surface area contributed by atoms with E-state index < -0.39 is 16.7 Å². The summed E-state index contributed by atoms with van der Waals surface area (Å²) in [4.78, 5) is 37.1. The summed E-state index contributed by atoms with van der Waals surface area (Å²) in [5.74, 6) is -0.782. The first-order valence-corrected chi connectivity index (χ1v) is 7.05. The van der Waals surface area contributed by atoms with Crippen molar-refractivity contribution in [1.29, 1.82) is 0 Å². The minimum Gasteiger partial charge on any atom is -0.272 e. The Labute approximate surface area is 126 Å². The van der Waals surface area contributed by atoms with Crippen molar-refractivity contribution in [3.8, 4) is 0 Å². The third-order valence-electron chi connectivity index (χ3n) is 4.14. The molecule has 0 fully saturated rings. The van der Waals surface area contributed by atoms with Gasteiger partial charge < -0.3 is 0 Å². The molecule has 6 nitrogen and oxygen atoms in total. The van der Waals surface area contributed by atoms with Gasteiger partial charge in [-0.25, -0.2) is 0 Å². The molecule has 0 aromatic heterocycles. The van der Waals surface area contributed by atoms with Crippen LogP contribution in [0.25, 0.3) is 10.8 Å². The van der Waals surface area contributed by atoms with Crippen LogP contribution in [0.15, 0.2) is 30.3 Å². The predicted molar refractivity (Wildman–Crippen MR) is 80.9 cm³/mol. The highest BCUT2D eigenvalue weighted by Gasteiger charge is 2.36. The monoisotopic (exact) mass is 298 g/mol. The molecule has 0 saturated carbocycles. The number of carbonyl (C=O) groups is 2. The molecule has 0 unspecified atom stereocenters. The van der Waals surface area contributed by atoms with Gasteiger partial charge in [0.25, 0.3) is 17.5 Å². The van der Waals surface area contributed by atoms with E-state index in [9.17, 15) is 19.7 Å². The molecule has 3 rings (SSSR count). The van der Waals surface area contributed by atoms with Crippen LogP contribution in [0.4, 0.5) is 5.69 Å². The minimum absolute atomic E-state index is 0.0989. The van der Waals surface area contributed by atoms with Crippen LogP contribution in [-0.4, -0.2) is 27.7 Å². The van der Waals surface area contributed by atoms with Crippen molar-refractivity contribution >= 4 is 28.3 Å². The van der Waals surface area contributed by atoms with Gasteiger partial charge in [0, 0.05) is 28.6 Å². The molecule has 1 aliphatic heterocycles. The molecule has 1 aliphatic rings. The zero-order chi connectivity index (χ0) is 16.0. The van der Waals surface area contributed by atoms with Gasteiger partial charge in [0.1, 0.15) is 0 Å². The summed E-state index contributed by atoms with van der Waals surface area (Å²) >= 11 is 0. The normalized spacial score (nSPS) is 15.3. The number of nitro groups is 1. The number of hydrogen-bond donors (Lipinski definition) is 0. The first kappa shape index (κ1) is 14.2. The van der Waals surface area contributed by atoms with Gasteiger partial charge in [-0.05, 0) is 31.5 Å². The summed E-state index contributed by atoms with van der Waals surface area (Å²) in [5, 5.41) is 11.9. The van der Waals surface area contributed by atoms with Crippen LogP contribution in [0.1, 0.15) is 41.0 Å². The zero-order valence-electron chi connectivity index (χ0n) is 12.2. The Hall–Kier alpha value is -2.76. The first-order chi connectivity index (χ1) is 10.5. The van der Waals surface area contributed by atoms with Gasteiger partial charge in [-0.15, -0.1) is 0 Å². The fraction of sp³-hybridized carbons (Fsp3) is 0.250. The van der Waals surface area contributed by atoms with Crippen LogP contribution in [0.2, 0.25) is 0 Å². The quantitative estimate of drug-likeness (QED) is 0.495. The number of non-ortho nitro benzene ring substituents is 1. The molecule has 2 aromatic rings. The van der Waals surface area contributed by atoms with E-state index in [1.165, 1.54) is 17.0 Å². The number of amides is 2. The number of rotatable bonds is 3. The smallest absolute Gasteiger partial charge is 0.272 e. The van der Waals surface area contributed by atoms with E-state index in [2.05, 4.69) is 0 Å². The van der Waals surface area contributed by atoms with Crippen molar-refractivity contribution in [2.75, 3.05) is 0 Å². The van der Waals surface area contributed by atoms with Crippen molar-refractivity contribution in [2.24, 2.45) is 0 Å². The SMILES string of the molecule is CC[C@@H](C)N1C(=O)c2cccc3c([N+](=O)[O-])ccc(c23)C1=O. The maximum Gasteiger partial charge on any atom is 0.277 e.